The van der Waals surface area contributed by atoms with Crippen molar-refractivity contribution in [1.82, 2.24) is 4.72 Å². The summed E-state index contributed by atoms with van der Waals surface area (Å²) in [5, 5.41) is 26.8. The van der Waals surface area contributed by atoms with Gasteiger partial charge in [0, 0.05) is 0 Å². The Balaban J connectivity index is 3.17. The Bertz CT molecular complexity index is 539. The highest BCUT2D eigenvalue weighted by molar-refractivity contribution is 7.89. The Morgan fingerprint density at radius 2 is 1.74 bits per heavy atom. The third kappa shape index (κ3) is 3.62. The van der Waals surface area contributed by atoms with Crippen molar-refractivity contribution in [2.24, 2.45) is 0 Å². The summed E-state index contributed by atoms with van der Waals surface area (Å²) in [7, 11) is -4.23. The number of sulfonamides is 1. The highest BCUT2D eigenvalue weighted by Crippen LogP contribution is 2.23. The minimum Gasteiger partial charge on any atom is -0.394 e. The van der Waals surface area contributed by atoms with Crippen molar-refractivity contribution >= 4 is 21.6 Å². The second-order valence-electron chi connectivity index (χ2n) is 3.93. The highest BCUT2D eigenvalue weighted by Gasteiger charge is 2.34. The van der Waals surface area contributed by atoms with Crippen molar-refractivity contribution in [1.29, 1.82) is 0 Å². The fourth-order valence-electron chi connectivity index (χ4n) is 1.28. The molecule has 0 bridgehead atoms. The molecule has 4 N–H and O–H groups in total. The Labute approximate surface area is 114 Å². The van der Waals surface area contributed by atoms with Crippen molar-refractivity contribution in [3.8, 4) is 0 Å². The summed E-state index contributed by atoms with van der Waals surface area (Å²) in [5.41, 5.74) is -1.82. The van der Waals surface area contributed by atoms with Crippen LogP contribution in [0, 0.1) is 5.82 Å². The van der Waals surface area contributed by atoms with Crippen LogP contribution in [-0.2, 0) is 10.0 Å². The smallest absolute Gasteiger partial charge is 0.242 e. The zero-order valence-corrected chi connectivity index (χ0v) is 11.2. The lowest BCUT2D eigenvalue weighted by atomic mass is 10.1. The SMILES string of the molecule is O=S(=O)(NC(CO)(CO)CO)c1ccc(F)cc1Cl. The molecule has 9 heteroatoms. The van der Waals surface area contributed by atoms with Crippen molar-refractivity contribution in [3.05, 3.63) is 29.0 Å². The van der Waals surface area contributed by atoms with Gasteiger partial charge in [0.05, 0.1) is 24.8 Å². The molecule has 0 aliphatic carbocycles. The van der Waals surface area contributed by atoms with Crippen LogP contribution in [0.5, 0.6) is 0 Å². The fourth-order valence-corrected chi connectivity index (χ4v) is 3.19. The molecule has 19 heavy (non-hydrogen) atoms. The van der Waals surface area contributed by atoms with Crippen LogP contribution in [0.1, 0.15) is 0 Å². The van der Waals surface area contributed by atoms with Gasteiger partial charge in [-0.3, -0.25) is 0 Å². The zero-order valence-electron chi connectivity index (χ0n) is 9.68. The van der Waals surface area contributed by atoms with E-state index in [9.17, 15) is 12.8 Å². The molecule has 1 rings (SSSR count). The Morgan fingerprint density at radius 1 is 1.21 bits per heavy atom. The monoisotopic (exact) mass is 313 g/mol. The van der Waals surface area contributed by atoms with Crippen molar-refractivity contribution in [2.45, 2.75) is 10.4 Å². The van der Waals surface area contributed by atoms with Gasteiger partial charge in [-0.1, -0.05) is 11.6 Å². The molecule has 0 radical (unpaired) electrons. The molecule has 0 unspecified atom stereocenters. The van der Waals surface area contributed by atoms with E-state index in [4.69, 9.17) is 26.9 Å². The van der Waals surface area contributed by atoms with E-state index in [-0.39, 0.29) is 5.02 Å². The van der Waals surface area contributed by atoms with Gasteiger partial charge in [0.15, 0.2) is 0 Å². The number of hydrogen-bond donors (Lipinski definition) is 4. The van der Waals surface area contributed by atoms with E-state index in [1.165, 1.54) is 0 Å². The zero-order chi connectivity index (χ0) is 14.7. The summed E-state index contributed by atoms with van der Waals surface area (Å²) in [6.07, 6.45) is 0. The third-order valence-corrected chi connectivity index (χ3v) is 4.50. The summed E-state index contributed by atoms with van der Waals surface area (Å²) in [4.78, 5) is -0.421. The van der Waals surface area contributed by atoms with E-state index in [0.29, 0.717) is 0 Å². The first-order valence-electron chi connectivity index (χ1n) is 5.12. The third-order valence-electron chi connectivity index (χ3n) is 2.44. The van der Waals surface area contributed by atoms with Crippen LogP contribution >= 0.6 is 11.6 Å². The second kappa shape index (κ2) is 6.12. The van der Waals surface area contributed by atoms with Gasteiger partial charge in [-0.15, -0.1) is 0 Å². The normalized spacial score (nSPS) is 12.7. The van der Waals surface area contributed by atoms with Gasteiger partial charge in [0.25, 0.3) is 0 Å². The van der Waals surface area contributed by atoms with Gasteiger partial charge < -0.3 is 15.3 Å². The Morgan fingerprint density at radius 3 is 2.16 bits per heavy atom. The predicted molar refractivity (Wildman–Crippen MR) is 65.7 cm³/mol. The standard InChI is InChI=1S/C10H13ClFNO5S/c11-8-3-7(12)1-2-9(8)19(17,18)13-10(4-14,5-15)6-16/h1-3,13-16H,4-6H2. The molecule has 0 aromatic heterocycles. The van der Waals surface area contributed by atoms with Crippen LogP contribution in [-0.4, -0.2) is 49.1 Å². The second-order valence-corrected chi connectivity index (χ2v) is 5.99. The average Bonchev–Trinajstić information content (AvgIpc) is 2.35. The fraction of sp³-hybridized carbons (Fsp3) is 0.400. The van der Waals surface area contributed by atoms with Gasteiger partial charge in [0.1, 0.15) is 16.3 Å². The maximum atomic E-state index is 12.9. The number of aliphatic hydroxyl groups excluding tert-OH is 3. The van der Waals surface area contributed by atoms with Crippen LogP contribution in [0.25, 0.3) is 0 Å². The van der Waals surface area contributed by atoms with E-state index in [0.717, 1.165) is 18.2 Å². The summed E-state index contributed by atoms with van der Waals surface area (Å²) in [6.45, 7) is -2.46. The topological polar surface area (TPSA) is 107 Å². The van der Waals surface area contributed by atoms with Crippen molar-refractivity contribution in [3.63, 3.8) is 0 Å². The number of hydrogen-bond acceptors (Lipinski definition) is 5. The molecule has 0 spiro atoms. The Kier molecular flexibility index (Phi) is 5.25. The molecule has 1 aromatic carbocycles. The molecule has 0 aliphatic rings. The number of benzene rings is 1. The summed E-state index contributed by atoms with van der Waals surface area (Å²) < 4.78 is 38.8. The largest absolute Gasteiger partial charge is 0.394 e. The number of halogens is 2. The molecule has 6 nitrogen and oxygen atoms in total. The highest BCUT2D eigenvalue weighted by atomic mass is 35.5. The Hall–Kier alpha value is -0.770. The molecule has 108 valence electrons. The number of rotatable bonds is 6. The van der Waals surface area contributed by atoms with E-state index < -0.39 is 46.1 Å². The average molecular weight is 314 g/mol. The number of aliphatic hydroxyl groups is 3. The lowest BCUT2D eigenvalue weighted by molar-refractivity contribution is 0.0582. The van der Waals surface area contributed by atoms with Gasteiger partial charge in [0.2, 0.25) is 10.0 Å². The maximum absolute atomic E-state index is 12.9. The molecule has 0 amide bonds. The first-order valence-corrected chi connectivity index (χ1v) is 6.98. The quantitative estimate of drug-likeness (QED) is 0.565. The maximum Gasteiger partial charge on any atom is 0.242 e. The first kappa shape index (κ1) is 16.3. The molecule has 0 aliphatic heterocycles. The molecule has 1 aromatic rings. The van der Waals surface area contributed by atoms with Crippen LogP contribution in [0.3, 0.4) is 0 Å². The molecule has 0 atom stereocenters. The summed E-state index contributed by atoms with van der Waals surface area (Å²) >= 11 is 5.63. The van der Waals surface area contributed by atoms with Crippen molar-refractivity contribution in [2.75, 3.05) is 19.8 Å². The summed E-state index contributed by atoms with van der Waals surface area (Å²) in [5.74, 6) is -0.707. The van der Waals surface area contributed by atoms with Gasteiger partial charge in [-0.05, 0) is 18.2 Å². The lowest BCUT2D eigenvalue weighted by Gasteiger charge is -2.28. The number of nitrogens with one attached hydrogen (secondary N) is 1. The van der Waals surface area contributed by atoms with E-state index in [2.05, 4.69) is 0 Å². The van der Waals surface area contributed by atoms with Crippen molar-refractivity contribution < 1.29 is 28.1 Å². The van der Waals surface area contributed by atoms with Gasteiger partial charge in [-0.25, -0.2) is 12.8 Å². The van der Waals surface area contributed by atoms with Gasteiger partial charge >= 0.3 is 0 Å². The van der Waals surface area contributed by atoms with E-state index in [1.807, 2.05) is 4.72 Å². The van der Waals surface area contributed by atoms with Crippen LogP contribution < -0.4 is 4.72 Å². The minimum atomic E-state index is -4.23. The van der Waals surface area contributed by atoms with Crippen LogP contribution in [0.4, 0.5) is 4.39 Å². The molecule has 0 fully saturated rings. The molecule has 0 saturated heterocycles. The molecular weight excluding hydrogens is 301 g/mol. The van der Waals surface area contributed by atoms with E-state index in [1.54, 1.807) is 0 Å². The van der Waals surface area contributed by atoms with Crippen LogP contribution in [0.15, 0.2) is 23.1 Å². The predicted octanol–water partition coefficient (Wildman–Crippen LogP) is -0.527. The summed E-state index contributed by atoms with van der Waals surface area (Å²) in [6, 6.07) is 2.66. The van der Waals surface area contributed by atoms with E-state index >= 15 is 0 Å². The molecule has 0 heterocycles. The molecule has 0 saturated carbocycles. The first-order chi connectivity index (χ1) is 8.80. The molecular formula is C10H13ClFNO5S. The van der Waals surface area contributed by atoms with Crippen LogP contribution in [0.2, 0.25) is 5.02 Å². The minimum absolute atomic E-state index is 0.352. The van der Waals surface area contributed by atoms with Gasteiger partial charge in [-0.2, -0.15) is 4.72 Å². The lowest BCUT2D eigenvalue weighted by Crippen LogP contribution is -2.56.